The average Bonchev–Trinajstić information content (AvgIpc) is 3.29. The molecule has 4 aromatic rings. The number of nitrogens with two attached hydrogens (primary N) is 1. The summed E-state index contributed by atoms with van der Waals surface area (Å²) < 4.78 is 50.2. The normalized spacial score (nSPS) is 13.3. The maximum Gasteiger partial charge on any atom is 0.418 e. The first-order valence-corrected chi connectivity index (χ1v) is 13.9. The van der Waals surface area contributed by atoms with E-state index in [1.54, 1.807) is 17.0 Å². The highest BCUT2D eigenvalue weighted by Gasteiger charge is 2.37. The first kappa shape index (κ1) is 29.3. The monoisotopic (exact) mass is 597 g/mol. The number of carbonyl (C=O) groups is 1. The molecule has 0 radical (unpaired) electrons. The molecule has 0 atom stereocenters. The third-order valence-corrected chi connectivity index (χ3v) is 7.28. The summed E-state index contributed by atoms with van der Waals surface area (Å²) in [6, 6.07) is 16.1. The Morgan fingerprint density at radius 3 is 2.55 bits per heavy atom. The summed E-state index contributed by atoms with van der Waals surface area (Å²) in [7, 11) is 0. The quantitative estimate of drug-likeness (QED) is 0.230. The van der Waals surface area contributed by atoms with Gasteiger partial charge < -0.3 is 20.7 Å². The van der Waals surface area contributed by atoms with E-state index in [0.717, 1.165) is 39.8 Å². The second-order valence-corrected chi connectivity index (χ2v) is 11.1. The lowest BCUT2D eigenvalue weighted by molar-refractivity contribution is -0.137. The number of hydrogen-bond acceptors (Lipinski definition) is 4. The molecule has 220 valence electrons. The van der Waals surface area contributed by atoms with E-state index >= 15 is 0 Å². The minimum Gasteiger partial charge on any atom is -0.491 e. The SMILES string of the molecule is Cc1cccc(OCC(C)C)c1-n1nc2c(c1-c1ccc(NC(N)=O)cc1)CN(c1ccc(Cl)cc1C(F)(F)F)CC2. The molecule has 11 heteroatoms. The third-order valence-electron chi connectivity index (χ3n) is 7.05. The van der Waals surface area contributed by atoms with Crippen molar-refractivity contribution in [2.24, 2.45) is 11.7 Å². The predicted octanol–water partition coefficient (Wildman–Crippen LogP) is 7.61. The van der Waals surface area contributed by atoms with Crippen LogP contribution in [-0.4, -0.2) is 29.0 Å². The number of rotatable bonds is 7. The Bertz CT molecular complexity index is 1620. The fourth-order valence-electron chi connectivity index (χ4n) is 5.18. The number of nitrogens with one attached hydrogen (secondary N) is 1. The molecule has 0 saturated carbocycles. The number of halogens is 4. The Kier molecular flexibility index (Phi) is 8.10. The molecule has 0 bridgehead atoms. The summed E-state index contributed by atoms with van der Waals surface area (Å²) in [6.45, 7) is 7.15. The molecule has 0 aliphatic carbocycles. The first-order chi connectivity index (χ1) is 19.9. The van der Waals surface area contributed by atoms with Crippen LogP contribution in [0.5, 0.6) is 5.75 Å². The van der Waals surface area contributed by atoms with Crippen LogP contribution in [0, 0.1) is 12.8 Å². The Labute approximate surface area is 247 Å². The largest absolute Gasteiger partial charge is 0.491 e. The van der Waals surface area contributed by atoms with Gasteiger partial charge in [0.25, 0.3) is 0 Å². The highest BCUT2D eigenvalue weighted by atomic mass is 35.5. The van der Waals surface area contributed by atoms with Gasteiger partial charge in [-0.15, -0.1) is 0 Å². The summed E-state index contributed by atoms with van der Waals surface area (Å²) >= 11 is 5.96. The number of alkyl halides is 3. The van der Waals surface area contributed by atoms with E-state index < -0.39 is 17.8 Å². The third kappa shape index (κ3) is 6.04. The maximum absolute atomic E-state index is 14.0. The van der Waals surface area contributed by atoms with E-state index in [0.29, 0.717) is 36.9 Å². The van der Waals surface area contributed by atoms with Gasteiger partial charge in [-0.3, -0.25) is 0 Å². The summed E-state index contributed by atoms with van der Waals surface area (Å²) in [5, 5.41) is 7.59. The van der Waals surface area contributed by atoms with Crippen molar-refractivity contribution in [1.82, 2.24) is 9.78 Å². The maximum atomic E-state index is 14.0. The number of benzene rings is 3. The highest BCUT2D eigenvalue weighted by Crippen LogP contribution is 2.42. The number of nitrogens with zero attached hydrogens (tertiary/aromatic N) is 3. The summed E-state index contributed by atoms with van der Waals surface area (Å²) in [5.41, 5.74) is 9.86. The van der Waals surface area contributed by atoms with Crippen molar-refractivity contribution in [3.8, 4) is 22.7 Å². The lowest BCUT2D eigenvalue weighted by Gasteiger charge is -2.31. The second kappa shape index (κ2) is 11.6. The number of aromatic nitrogens is 2. The van der Waals surface area contributed by atoms with Gasteiger partial charge in [-0.05, 0) is 54.8 Å². The molecule has 1 aliphatic rings. The van der Waals surface area contributed by atoms with Crippen LogP contribution in [0.2, 0.25) is 5.02 Å². The van der Waals surface area contributed by atoms with Crippen LogP contribution in [0.4, 0.5) is 29.3 Å². The van der Waals surface area contributed by atoms with Crippen molar-refractivity contribution in [1.29, 1.82) is 0 Å². The Morgan fingerprint density at radius 1 is 1.14 bits per heavy atom. The molecule has 1 aliphatic heterocycles. The number of ether oxygens (including phenoxy) is 1. The number of para-hydroxylation sites is 1. The number of aryl methyl sites for hydroxylation is 1. The van der Waals surface area contributed by atoms with Gasteiger partial charge in [0.2, 0.25) is 0 Å². The van der Waals surface area contributed by atoms with Gasteiger partial charge >= 0.3 is 12.2 Å². The molecule has 5 rings (SSSR count). The fraction of sp³-hybridized carbons (Fsp3) is 0.290. The van der Waals surface area contributed by atoms with E-state index in [1.807, 2.05) is 41.9 Å². The fourth-order valence-corrected chi connectivity index (χ4v) is 5.35. The zero-order valence-corrected chi connectivity index (χ0v) is 24.2. The molecule has 0 fully saturated rings. The van der Waals surface area contributed by atoms with Crippen LogP contribution >= 0.6 is 11.6 Å². The van der Waals surface area contributed by atoms with Crippen LogP contribution in [-0.2, 0) is 19.1 Å². The number of urea groups is 1. The number of amides is 2. The van der Waals surface area contributed by atoms with Crippen LogP contribution in [0.3, 0.4) is 0 Å². The lowest BCUT2D eigenvalue weighted by atomic mass is 9.99. The molecule has 0 unspecified atom stereocenters. The first-order valence-electron chi connectivity index (χ1n) is 13.5. The number of fused-ring (bicyclic) bond motifs is 1. The number of anilines is 2. The van der Waals surface area contributed by atoms with Crippen LogP contribution in [0.15, 0.2) is 60.7 Å². The molecule has 7 nitrogen and oxygen atoms in total. The van der Waals surface area contributed by atoms with E-state index in [2.05, 4.69) is 19.2 Å². The zero-order valence-electron chi connectivity index (χ0n) is 23.4. The highest BCUT2D eigenvalue weighted by molar-refractivity contribution is 6.30. The van der Waals surface area contributed by atoms with Gasteiger partial charge in [-0.1, -0.05) is 49.7 Å². The molecule has 0 spiro atoms. The van der Waals surface area contributed by atoms with Crippen molar-refractivity contribution >= 4 is 29.0 Å². The minimum absolute atomic E-state index is 0.0235. The van der Waals surface area contributed by atoms with E-state index in [9.17, 15) is 18.0 Å². The lowest BCUT2D eigenvalue weighted by Crippen LogP contribution is -2.32. The molecular formula is C31H31ClF3N5O2. The van der Waals surface area contributed by atoms with Gasteiger partial charge in [-0.2, -0.15) is 18.3 Å². The molecule has 42 heavy (non-hydrogen) atoms. The molecule has 0 saturated heterocycles. The number of hydrogen-bond donors (Lipinski definition) is 2. The van der Waals surface area contributed by atoms with Crippen LogP contribution < -0.4 is 20.7 Å². The van der Waals surface area contributed by atoms with E-state index in [4.69, 9.17) is 27.2 Å². The van der Waals surface area contributed by atoms with E-state index in [1.165, 1.54) is 12.1 Å². The van der Waals surface area contributed by atoms with E-state index in [-0.39, 0.29) is 17.3 Å². The van der Waals surface area contributed by atoms with Crippen molar-refractivity contribution in [3.05, 3.63) is 88.1 Å². The van der Waals surface area contributed by atoms with Crippen LogP contribution in [0.25, 0.3) is 16.9 Å². The second-order valence-electron chi connectivity index (χ2n) is 10.7. The van der Waals surface area contributed by atoms with Crippen molar-refractivity contribution < 1.29 is 22.7 Å². The van der Waals surface area contributed by atoms with Crippen molar-refractivity contribution in [3.63, 3.8) is 0 Å². The molecule has 3 aromatic carbocycles. The summed E-state index contributed by atoms with van der Waals surface area (Å²) in [4.78, 5) is 13.1. The number of primary amides is 1. The summed E-state index contributed by atoms with van der Waals surface area (Å²) in [5.74, 6) is 0.954. The average molecular weight is 598 g/mol. The topological polar surface area (TPSA) is 85.4 Å². The molecule has 2 amide bonds. The van der Waals surface area contributed by atoms with Gasteiger partial charge in [0, 0.05) is 47.0 Å². The van der Waals surface area contributed by atoms with Gasteiger partial charge in [0.05, 0.1) is 23.6 Å². The van der Waals surface area contributed by atoms with Crippen LogP contribution in [0.1, 0.15) is 36.2 Å². The smallest absolute Gasteiger partial charge is 0.418 e. The van der Waals surface area contributed by atoms with Crippen molar-refractivity contribution in [2.75, 3.05) is 23.4 Å². The molecule has 1 aromatic heterocycles. The van der Waals surface area contributed by atoms with Gasteiger partial charge in [-0.25, -0.2) is 9.48 Å². The molecular weight excluding hydrogens is 567 g/mol. The Hall–Kier alpha value is -4.18. The summed E-state index contributed by atoms with van der Waals surface area (Å²) in [6.07, 6.45) is -4.13. The van der Waals surface area contributed by atoms with Gasteiger partial charge in [0.15, 0.2) is 0 Å². The molecule has 2 heterocycles. The standard InChI is InChI=1S/C31H31ClF3N5O2/c1-18(2)17-42-27-6-4-5-19(3)28(27)40-29(20-7-10-22(11-8-20)37-30(36)41)23-16-39(14-13-25(23)38-40)26-12-9-21(32)15-24(26)31(33,34)35/h4-12,15,18H,13-14,16-17H2,1-3H3,(H3,36,37,41). The number of carbonyl (C=O) groups excluding carboxylic acids is 1. The predicted molar refractivity (Wildman–Crippen MR) is 158 cm³/mol. The minimum atomic E-state index is -4.57. The Morgan fingerprint density at radius 2 is 1.88 bits per heavy atom. The van der Waals surface area contributed by atoms with Gasteiger partial charge in [0.1, 0.15) is 11.4 Å². The Balaban J connectivity index is 1.67. The zero-order chi connectivity index (χ0) is 30.2. The van der Waals surface area contributed by atoms with Crippen molar-refractivity contribution in [2.45, 2.75) is 39.9 Å². The molecule has 3 N–H and O–H groups in total.